The zero-order valence-electron chi connectivity index (χ0n) is 9.60. The number of halogens is 1. The van der Waals surface area contributed by atoms with E-state index in [1.54, 1.807) is 19.9 Å². The Morgan fingerprint density at radius 1 is 1.59 bits per heavy atom. The van der Waals surface area contributed by atoms with Gasteiger partial charge in [-0.15, -0.1) is 0 Å². The van der Waals surface area contributed by atoms with E-state index >= 15 is 0 Å². The number of hydrogen-bond acceptors (Lipinski definition) is 4. The Labute approximate surface area is 110 Å². The van der Waals surface area contributed by atoms with E-state index in [0.717, 1.165) is 0 Å². The number of aromatic nitrogens is 1. The zero-order valence-corrected chi connectivity index (χ0v) is 12.0. The Morgan fingerprint density at radius 2 is 2.24 bits per heavy atom. The molecule has 0 aliphatic rings. The van der Waals surface area contributed by atoms with Crippen LogP contribution in [0.25, 0.3) is 0 Å². The average molecular weight is 322 g/mol. The van der Waals surface area contributed by atoms with E-state index in [9.17, 15) is 8.42 Å². The van der Waals surface area contributed by atoms with Crippen molar-refractivity contribution in [2.24, 2.45) is 0 Å². The molecule has 1 aromatic heterocycles. The van der Waals surface area contributed by atoms with E-state index in [-0.39, 0.29) is 12.5 Å². The maximum atomic E-state index is 11.7. The molecule has 1 N–H and O–H groups in total. The molecular formula is C10H14BrN2O3S. The SMILES string of the molecule is [CH2]COc1ncc(Br)cc1NS(=O)(=O)C(C)C. The van der Waals surface area contributed by atoms with Crippen molar-refractivity contribution in [2.75, 3.05) is 11.3 Å². The third kappa shape index (κ3) is 3.85. The number of ether oxygens (including phenoxy) is 1. The highest BCUT2D eigenvalue weighted by atomic mass is 79.9. The van der Waals surface area contributed by atoms with Crippen molar-refractivity contribution >= 4 is 31.6 Å². The summed E-state index contributed by atoms with van der Waals surface area (Å²) in [5, 5.41) is -0.533. The van der Waals surface area contributed by atoms with Crippen molar-refractivity contribution in [2.45, 2.75) is 19.1 Å². The summed E-state index contributed by atoms with van der Waals surface area (Å²) in [4.78, 5) is 3.98. The number of sulfonamides is 1. The second-order valence-corrected chi connectivity index (χ2v) is 6.70. The minimum Gasteiger partial charge on any atom is -0.476 e. The van der Waals surface area contributed by atoms with Gasteiger partial charge in [-0.1, -0.05) is 0 Å². The van der Waals surface area contributed by atoms with Crippen molar-refractivity contribution in [3.05, 3.63) is 23.7 Å². The second-order valence-electron chi connectivity index (χ2n) is 3.55. The van der Waals surface area contributed by atoms with Crippen LogP contribution in [0, 0.1) is 6.92 Å². The fourth-order valence-corrected chi connectivity index (χ4v) is 2.00. The lowest BCUT2D eigenvalue weighted by molar-refractivity contribution is 0.348. The maximum absolute atomic E-state index is 11.7. The molecule has 0 amide bonds. The number of anilines is 1. The van der Waals surface area contributed by atoms with Crippen LogP contribution in [0.4, 0.5) is 5.69 Å². The fourth-order valence-electron chi connectivity index (χ4n) is 0.983. The van der Waals surface area contributed by atoms with Crippen LogP contribution >= 0.6 is 15.9 Å². The third-order valence-electron chi connectivity index (χ3n) is 1.93. The highest BCUT2D eigenvalue weighted by Crippen LogP contribution is 2.26. The molecule has 5 nitrogen and oxygen atoms in total. The molecule has 0 saturated carbocycles. The van der Waals surface area contributed by atoms with Crippen LogP contribution in [0.3, 0.4) is 0 Å². The van der Waals surface area contributed by atoms with Gasteiger partial charge < -0.3 is 4.74 Å². The molecule has 0 atom stereocenters. The van der Waals surface area contributed by atoms with Gasteiger partial charge in [0.25, 0.3) is 0 Å². The molecule has 1 rings (SSSR count). The number of rotatable bonds is 5. The van der Waals surface area contributed by atoms with Gasteiger partial charge in [-0.2, -0.15) is 0 Å². The standard InChI is InChI=1S/C10H14BrN2O3S/c1-4-16-10-9(5-8(11)6-12-10)13-17(14,15)7(2)3/h5-7,13H,1,4H2,2-3H3. The average Bonchev–Trinajstić information content (AvgIpc) is 2.21. The predicted molar refractivity (Wildman–Crippen MR) is 70.5 cm³/mol. The molecule has 1 radical (unpaired) electrons. The first-order valence-corrected chi connectivity index (χ1v) is 7.30. The van der Waals surface area contributed by atoms with Crippen LogP contribution in [-0.2, 0) is 10.0 Å². The predicted octanol–water partition coefficient (Wildman–Crippen LogP) is 2.21. The molecule has 17 heavy (non-hydrogen) atoms. The monoisotopic (exact) mass is 321 g/mol. The van der Waals surface area contributed by atoms with Gasteiger partial charge in [0.05, 0.1) is 11.9 Å². The van der Waals surface area contributed by atoms with Crippen molar-refractivity contribution in [1.82, 2.24) is 4.98 Å². The number of pyridine rings is 1. The molecule has 0 saturated heterocycles. The second kappa shape index (κ2) is 5.68. The van der Waals surface area contributed by atoms with Crippen LogP contribution in [0.15, 0.2) is 16.7 Å². The Kier molecular flexibility index (Phi) is 4.76. The summed E-state index contributed by atoms with van der Waals surface area (Å²) in [7, 11) is -3.42. The van der Waals surface area contributed by atoms with Crippen LogP contribution in [0.1, 0.15) is 13.8 Å². The quantitative estimate of drug-likeness (QED) is 0.902. The molecule has 0 bridgehead atoms. The summed E-state index contributed by atoms with van der Waals surface area (Å²) >= 11 is 3.22. The first kappa shape index (κ1) is 14.2. The molecule has 0 unspecified atom stereocenters. The summed E-state index contributed by atoms with van der Waals surface area (Å²) < 4.78 is 31.7. The molecule has 1 aromatic rings. The van der Waals surface area contributed by atoms with E-state index in [0.29, 0.717) is 10.2 Å². The minimum atomic E-state index is -3.42. The van der Waals surface area contributed by atoms with E-state index in [4.69, 9.17) is 4.74 Å². The van der Waals surface area contributed by atoms with Crippen molar-refractivity contribution in [1.29, 1.82) is 0 Å². The summed E-state index contributed by atoms with van der Waals surface area (Å²) in [5.41, 5.74) is 0.303. The molecule has 7 heteroatoms. The molecule has 0 spiro atoms. The molecule has 0 aromatic carbocycles. The number of nitrogens with zero attached hydrogens (tertiary/aromatic N) is 1. The topological polar surface area (TPSA) is 68.3 Å². The van der Waals surface area contributed by atoms with Gasteiger partial charge in [0, 0.05) is 10.7 Å². The van der Waals surface area contributed by atoms with Crippen LogP contribution in [-0.4, -0.2) is 25.3 Å². The summed E-state index contributed by atoms with van der Waals surface area (Å²) in [6, 6.07) is 1.60. The molecule has 0 aliphatic heterocycles. The van der Waals surface area contributed by atoms with Gasteiger partial charge >= 0.3 is 0 Å². The Morgan fingerprint density at radius 3 is 2.76 bits per heavy atom. The fraction of sp³-hybridized carbons (Fsp3) is 0.400. The summed E-state index contributed by atoms with van der Waals surface area (Å²) in [5.74, 6) is 0.215. The third-order valence-corrected chi connectivity index (χ3v) is 4.11. The first-order chi connectivity index (χ1) is 7.86. The van der Waals surface area contributed by atoms with E-state index in [1.807, 2.05) is 0 Å². The van der Waals surface area contributed by atoms with Gasteiger partial charge in [-0.3, -0.25) is 4.72 Å². The van der Waals surface area contributed by atoms with Crippen molar-refractivity contribution in [3.8, 4) is 5.88 Å². The lowest BCUT2D eigenvalue weighted by Crippen LogP contribution is -2.23. The van der Waals surface area contributed by atoms with E-state index in [1.165, 1.54) is 6.20 Å². The normalized spacial score (nSPS) is 11.6. The van der Waals surface area contributed by atoms with Crippen LogP contribution < -0.4 is 9.46 Å². The molecule has 0 fully saturated rings. The van der Waals surface area contributed by atoms with Gasteiger partial charge in [-0.25, -0.2) is 13.4 Å². The lowest BCUT2D eigenvalue weighted by Gasteiger charge is -2.13. The van der Waals surface area contributed by atoms with Gasteiger partial charge in [0.2, 0.25) is 15.9 Å². The molecule has 0 aliphatic carbocycles. The zero-order chi connectivity index (χ0) is 13.1. The van der Waals surface area contributed by atoms with Gasteiger partial charge in [-0.05, 0) is 42.8 Å². The van der Waals surface area contributed by atoms with Crippen molar-refractivity contribution < 1.29 is 13.2 Å². The molecule has 95 valence electrons. The molecule has 1 heterocycles. The van der Waals surface area contributed by atoms with Gasteiger partial charge in [0.15, 0.2) is 0 Å². The van der Waals surface area contributed by atoms with Crippen LogP contribution in [0.5, 0.6) is 5.88 Å². The Bertz CT molecular complexity index is 488. The largest absolute Gasteiger partial charge is 0.476 e. The number of hydrogen-bond donors (Lipinski definition) is 1. The lowest BCUT2D eigenvalue weighted by atomic mass is 10.4. The maximum Gasteiger partial charge on any atom is 0.238 e. The first-order valence-electron chi connectivity index (χ1n) is 4.96. The van der Waals surface area contributed by atoms with E-state index < -0.39 is 15.3 Å². The van der Waals surface area contributed by atoms with Gasteiger partial charge in [0.1, 0.15) is 5.69 Å². The Balaban J connectivity index is 3.08. The van der Waals surface area contributed by atoms with Crippen molar-refractivity contribution in [3.63, 3.8) is 0 Å². The summed E-state index contributed by atoms with van der Waals surface area (Å²) in [6.07, 6.45) is 1.53. The minimum absolute atomic E-state index is 0.172. The van der Waals surface area contributed by atoms with Crippen LogP contribution in [0.2, 0.25) is 0 Å². The highest BCUT2D eigenvalue weighted by Gasteiger charge is 2.18. The smallest absolute Gasteiger partial charge is 0.238 e. The Hall–Kier alpha value is -0.820. The molecular weight excluding hydrogens is 308 g/mol. The summed E-state index contributed by atoms with van der Waals surface area (Å²) in [6.45, 7) is 6.88. The highest BCUT2D eigenvalue weighted by molar-refractivity contribution is 9.10. The van der Waals surface area contributed by atoms with E-state index in [2.05, 4.69) is 32.6 Å². The number of nitrogens with one attached hydrogen (secondary N) is 1.